The number of hydroxylamine groups is 1. The molecule has 0 unspecified atom stereocenters. The number of benzene rings is 1. The van der Waals surface area contributed by atoms with Crippen molar-refractivity contribution in [1.82, 2.24) is 15.0 Å². The SMILES string of the molecule is CCONC(=O)[C@H](C(C)C)n1cnc2cc(F)c(F)cc21. The number of nitrogens with zero attached hydrogens (tertiary/aromatic N) is 2. The smallest absolute Gasteiger partial charge is 0.266 e. The number of fused-ring (bicyclic) bond motifs is 1. The first-order valence-corrected chi connectivity index (χ1v) is 6.69. The van der Waals surface area contributed by atoms with Crippen LogP contribution in [0.1, 0.15) is 26.8 Å². The van der Waals surface area contributed by atoms with Crippen molar-refractivity contribution >= 4 is 16.9 Å². The first-order valence-electron chi connectivity index (χ1n) is 6.69. The standard InChI is InChI=1S/C14H17F2N3O2/c1-4-21-18-14(20)13(8(2)3)19-7-17-11-5-9(15)10(16)6-12(11)19/h5-8,13H,4H2,1-3H3,(H,18,20)/t13-/m0/s1. The van der Waals surface area contributed by atoms with E-state index in [-0.39, 0.29) is 11.8 Å². The van der Waals surface area contributed by atoms with E-state index in [0.29, 0.717) is 17.6 Å². The molecule has 1 aromatic heterocycles. The summed E-state index contributed by atoms with van der Waals surface area (Å²) in [7, 11) is 0. The minimum Gasteiger partial charge on any atom is -0.317 e. The molecule has 2 aromatic rings. The molecule has 0 saturated carbocycles. The van der Waals surface area contributed by atoms with Crippen LogP contribution in [0.4, 0.5) is 8.78 Å². The molecule has 0 aliphatic carbocycles. The Morgan fingerprint density at radius 2 is 2.05 bits per heavy atom. The van der Waals surface area contributed by atoms with Gasteiger partial charge in [-0.25, -0.2) is 19.2 Å². The molecule has 2 rings (SSSR count). The maximum atomic E-state index is 13.4. The Bertz CT molecular complexity index is 655. The maximum Gasteiger partial charge on any atom is 0.266 e. The molecule has 21 heavy (non-hydrogen) atoms. The van der Waals surface area contributed by atoms with Crippen LogP contribution >= 0.6 is 0 Å². The molecule has 1 atom stereocenters. The molecule has 1 heterocycles. The van der Waals surface area contributed by atoms with Crippen molar-refractivity contribution in [2.75, 3.05) is 6.61 Å². The van der Waals surface area contributed by atoms with Gasteiger partial charge in [0, 0.05) is 12.1 Å². The molecule has 0 saturated heterocycles. The second-order valence-corrected chi connectivity index (χ2v) is 5.00. The van der Waals surface area contributed by atoms with Gasteiger partial charge in [-0.3, -0.25) is 9.63 Å². The summed E-state index contributed by atoms with van der Waals surface area (Å²) in [5.74, 6) is -2.39. The highest BCUT2D eigenvalue weighted by Crippen LogP contribution is 2.25. The fraction of sp³-hybridized carbons (Fsp3) is 0.429. The summed E-state index contributed by atoms with van der Waals surface area (Å²) in [6.45, 7) is 5.78. The summed E-state index contributed by atoms with van der Waals surface area (Å²) >= 11 is 0. The van der Waals surface area contributed by atoms with Crippen LogP contribution in [0.15, 0.2) is 18.5 Å². The Kier molecular flexibility index (Phi) is 4.52. The van der Waals surface area contributed by atoms with Gasteiger partial charge in [-0.1, -0.05) is 13.8 Å². The third-order valence-corrected chi connectivity index (χ3v) is 3.13. The molecule has 0 aliphatic heterocycles. The van der Waals surface area contributed by atoms with Crippen LogP contribution in [0.5, 0.6) is 0 Å². The van der Waals surface area contributed by atoms with Gasteiger partial charge in [0.05, 0.1) is 24.0 Å². The van der Waals surface area contributed by atoms with Gasteiger partial charge in [0.15, 0.2) is 11.6 Å². The Morgan fingerprint density at radius 3 is 2.67 bits per heavy atom. The Labute approximate surface area is 120 Å². The molecule has 7 heteroatoms. The van der Waals surface area contributed by atoms with Gasteiger partial charge >= 0.3 is 0 Å². The van der Waals surface area contributed by atoms with Crippen LogP contribution in [-0.2, 0) is 9.63 Å². The number of halogens is 2. The van der Waals surface area contributed by atoms with Gasteiger partial charge < -0.3 is 4.57 Å². The lowest BCUT2D eigenvalue weighted by Gasteiger charge is -2.22. The summed E-state index contributed by atoms with van der Waals surface area (Å²) in [6, 6.07) is 1.42. The van der Waals surface area contributed by atoms with Gasteiger partial charge in [0.1, 0.15) is 6.04 Å². The minimum atomic E-state index is -0.975. The predicted octanol–water partition coefficient (Wildman–Crippen LogP) is 2.58. The molecule has 0 fully saturated rings. The summed E-state index contributed by atoms with van der Waals surface area (Å²) < 4.78 is 28.2. The molecule has 0 aliphatic rings. The number of nitrogens with one attached hydrogen (secondary N) is 1. The number of rotatable bonds is 5. The lowest BCUT2D eigenvalue weighted by atomic mass is 10.0. The predicted molar refractivity (Wildman–Crippen MR) is 73.3 cm³/mol. The van der Waals surface area contributed by atoms with Crippen molar-refractivity contribution in [3.63, 3.8) is 0 Å². The summed E-state index contributed by atoms with van der Waals surface area (Å²) in [5, 5.41) is 0. The molecule has 1 amide bonds. The van der Waals surface area contributed by atoms with E-state index in [4.69, 9.17) is 4.84 Å². The fourth-order valence-corrected chi connectivity index (χ4v) is 2.20. The van der Waals surface area contributed by atoms with Crippen molar-refractivity contribution in [2.45, 2.75) is 26.8 Å². The molecule has 114 valence electrons. The van der Waals surface area contributed by atoms with Crippen molar-refractivity contribution in [2.24, 2.45) is 5.92 Å². The zero-order valence-electron chi connectivity index (χ0n) is 12.1. The van der Waals surface area contributed by atoms with Crippen LogP contribution in [-0.4, -0.2) is 22.1 Å². The molecular formula is C14H17F2N3O2. The number of carbonyl (C=O) groups excluding carboxylic acids is 1. The zero-order valence-corrected chi connectivity index (χ0v) is 12.1. The van der Waals surface area contributed by atoms with Crippen molar-refractivity contribution in [1.29, 1.82) is 0 Å². The Balaban J connectivity index is 2.45. The zero-order chi connectivity index (χ0) is 15.6. The summed E-state index contributed by atoms with van der Waals surface area (Å²) in [5.41, 5.74) is 2.99. The minimum absolute atomic E-state index is 0.0871. The van der Waals surface area contributed by atoms with Crippen molar-refractivity contribution in [3.05, 3.63) is 30.1 Å². The fourth-order valence-electron chi connectivity index (χ4n) is 2.20. The van der Waals surface area contributed by atoms with E-state index >= 15 is 0 Å². The molecule has 1 N–H and O–H groups in total. The van der Waals surface area contributed by atoms with Crippen LogP contribution in [0, 0.1) is 17.6 Å². The van der Waals surface area contributed by atoms with Gasteiger partial charge in [-0.05, 0) is 12.8 Å². The third kappa shape index (κ3) is 3.02. The van der Waals surface area contributed by atoms with E-state index in [1.165, 1.54) is 10.9 Å². The first kappa shape index (κ1) is 15.4. The number of aromatic nitrogens is 2. The number of hydrogen-bond donors (Lipinski definition) is 1. The number of hydrogen-bond acceptors (Lipinski definition) is 3. The molecule has 0 radical (unpaired) electrons. The second-order valence-electron chi connectivity index (χ2n) is 5.00. The van der Waals surface area contributed by atoms with Crippen LogP contribution < -0.4 is 5.48 Å². The molecule has 0 spiro atoms. The second kappa shape index (κ2) is 6.17. The third-order valence-electron chi connectivity index (χ3n) is 3.13. The Morgan fingerprint density at radius 1 is 1.38 bits per heavy atom. The quantitative estimate of drug-likeness (QED) is 0.863. The average molecular weight is 297 g/mol. The summed E-state index contributed by atoms with van der Waals surface area (Å²) in [6.07, 6.45) is 1.40. The lowest BCUT2D eigenvalue weighted by molar-refractivity contribution is -0.137. The summed E-state index contributed by atoms with van der Waals surface area (Å²) in [4.78, 5) is 21.1. The number of imidazole rings is 1. The monoisotopic (exact) mass is 297 g/mol. The van der Waals surface area contributed by atoms with Crippen molar-refractivity contribution in [3.8, 4) is 0 Å². The Hall–Kier alpha value is -2.02. The van der Waals surface area contributed by atoms with E-state index in [9.17, 15) is 13.6 Å². The largest absolute Gasteiger partial charge is 0.317 e. The van der Waals surface area contributed by atoms with Crippen LogP contribution in [0.2, 0.25) is 0 Å². The van der Waals surface area contributed by atoms with Crippen LogP contribution in [0.25, 0.3) is 11.0 Å². The number of carbonyl (C=O) groups is 1. The van der Waals surface area contributed by atoms with Gasteiger partial charge in [0.25, 0.3) is 5.91 Å². The van der Waals surface area contributed by atoms with Crippen molar-refractivity contribution < 1.29 is 18.4 Å². The molecular weight excluding hydrogens is 280 g/mol. The van der Waals surface area contributed by atoms with Crippen LogP contribution in [0.3, 0.4) is 0 Å². The maximum absolute atomic E-state index is 13.4. The lowest BCUT2D eigenvalue weighted by Crippen LogP contribution is -2.35. The highest BCUT2D eigenvalue weighted by Gasteiger charge is 2.26. The van der Waals surface area contributed by atoms with E-state index in [2.05, 4.69) is 10.5 Å². The van der Waals surface area contributed by atoms with Gasteiger partial charge in [0.2, 0.25) is 0 Å². The van der Waals surface area contributed by atoms with E-state index in [1.807, 2.05) is 13.8 Å². The highest BCUT2D eigenvalue weighted by atomic mass is 19.2. The van der Waals surface area contributed by atoms with Gasteiger partial charge in [-0.15, -0.1) is 0 Å². The molecule has 0 bridgehead atoms. The van der Waals surface area contributed by atoms with E-state index in [1.54, 1.807) is 6.92 Å². The molecule has 1 aromatic carbocycles. The van der Waals surface area contributed by atoms with E-state index in [0.717, 1.165) is 12.1 Å². The normalized spacial score (nSPS) is 12.9. The van der Waals surface area contributed by atoms with E-state index < -0.39 is 17.7 Å². The highest BCUT2D eigenvalue weighted by molar-refractivity contribution is 5.83. The molecule has 5 nitrogen and oxygen atoms in total. The topological polar surface area (TPSA) is 56.1 Å². The van der Waals surface area contributed by atoms with Gasteiger partial charge in [-0.2, -0.15) is 0 Å². The average Bonchev–Trinajstić information content (AvgIpc) is 2.80. The number of amides is 1. The first-order chi connectivity index (χ1) is 9.95.